The van der Waals surface area contributed by atoms with Crippen molar-refractivity contribution in [1.29, 1.82) is 0 Å². The van der Waals surface area contributed by atoms with Crippen molar-refractivity contribution in [2.75, 3.05) is 6.54 Å². The van der Waals surface area contributed by atoms with Crippen molar-refractivity contribution < 1.29 is 22.4 Å². The summed E-state index contributed by atoms with van der Waals surface area (Å²) in [5.41, 5.74) is 0.959. The second kappa shape index (κ2) is 8.30. The first-order valence-electron chi connectivity index (χ1n) is 11.0. The van der Waals surface area contributed by atoms with Gasteiger partial charge in [-0.2, -0.15) is 13.2 Å². The van der Waals surface area contributed by atoms with E-state index < -0.39 is 17.8 Å². The van der Waals surface area contributed by atoms with Gasteiger partial charge >= 0.3 is 6.18 Å². The molecule has 1 atom stereocenters. The van der Waals surface area contributed by atoms with Crippen LogP contribution in [-0.2, 0) is 12.7 Å². The molecule has 0 fully saturated rings. The molecule has 1 aromatic carbocycles. The lowest BCUT2D eigenvalue weighted by molar-refractivity contribution is -0.137. The Hall–Kier alpha value is -4.08. The number of aromatic nitrogens is 3. The summed E-state index contributed by atoms with van der Waals surface area (Å²) in [5, 5.41) is 0. The minimum atomic E-state index is -4.41. The van der Waals surface area contributed by atoms with Crippen LogP contribution in [0.3, 0.4) is 0 Å². The Kier molecular flexibility index (Phi) is 5.38. The number of benzene rings is 1. The molecular weight excluding hydrogens is 461 g/mol. The standard InChI is InChI=1S/C25H21F3N4O3/c1-15-13-30(14-29-15)19-7-8-20-24(34)31(11-12-32(20)23(19)33)16(2)21-9-10-22(35-21)17-3-5-18(6-4-17)25(26,27)28/h3-10,13-14,16H,11-12H2,1-2H3. The molecule has 5 rings (SSSR count). The Labute approximate surface area is 198 Å². The topological polar surface area (TPSA) is 73.3 Å². The van der Waals surface area contributed by atoms with Crippen molar-refractivity contribution >= 4 is 5.91 Å². The van der Waals surface area contributed by atoms with Gasteiger partial charge in [-0.3, -0.25) is 9.59 Å². The molecule has 1 unspecified atom stereocenters. The van der Waals surface area contributed by atoms with Crippen LogP contribution in [0.1, 0.15) is 40.5 Å². The van der Waals surface area contributed by atoms with Crippen LogP contribution in [0.2, 0.25) is 0 Å². The molecule has 0 bridgehead atoms. The molecule has 7 nitrogen and oxygen atoms in total. The van der Waals surface area contributed by atoms with Crippen LogP contribution >= 0.6 is 0 Å². The maximum absolute atomic E-state index is 13.2. The molecule has 10 heteroatoms. The molecule has 4 aromatic rings. The number of halogens is 3. The predicted octanol–water partition coefficient (Wildman–Crippen LogP) is 4.84. The summed E-state index contributed by atoms with van der Waals surface area (Å²) >= 11 is 0. The number of furan rings is 1. The Morgan fingerprint density at radius 2 is 1.74 bits per heavy atom. The van der Waals surface area contributed by atoms with E-state index in [9.17, 15) is 22.8 Å². The second-order valence-corrected chi connectivity index (χ2v) is 8.43. The maximum atomic E-state index is 13.2. The highest BCUT2D eigenvalue weighted by Gasteiger charge is 2.32. The average molecular weight is 482 g/mol. The predicted molar refractivity (Wildman–Crippen MR) is 121 cm³/mol. The Balaban J connectivity index is 1.38. The summed E-state index contributed by atoms with van der Waals surface area (Å²) in [6.45, 7) is 4.25. The Morgan fingerprint density at radius 1 is 1.00 bits per heavy atom. The van der Waals surface area contributed by atoms with Crippen LogP contribution in [0.25, 0.3) is 17.0 Å². The molecule has 4 heterocycles. The van der Waals surface area contributed by atoms with Crippen molar-refractivity contribution in [2.24, 2.45) is 0 Å². The molecule has 0 spiro atoms. The van der Waals surface area contributed by atoms with Crippen LogP contribution in [0.5, 0.6) is 0 Å². The Bertz CT molecular complexity index is 1460. The zero-order valence-corrected chi connectivity index (χ0v) is 18.9. The van der Waals surface area contributed by atoms with Crippen LogP contribution in [0.4, 0.5) is 13.2 Å². The summed E-state index contributed by atoms with van der Waals surface area (Å²) in [6.07, 6.45) is -1.11. The molecule has 1 aliphatic heterocycles. The lowest BCUT2D eigenvalue weighted by atomic mass is 10.1. The molecule has 0 aliphatic carbocycles. The quantitative estimate of drug-likeness (QED) is 0.417. The van der Waals surface area contributed by atoms with Crippen LogP contribution < -0.4 is 5.56 Å². The van der Waals surface area contributed by atoms with E-state index in [4.69, 9.17) is 4.42 Å². The number of alkyl halides is 3. The van der Waals surface area contributed by atoms with E-state index in [1.165, 1.54) is 16.7 Å². The van der Waals surface area contributed by atoms with Gasteiger partial charge in [-0.15, -0.1) is 0 Å². The number of hydrogen-bond donors (Lipinski definition) is 0. The fraction of sp³-hybridized carbons (Fsp3) is 0.240. The molecule has 35 heavy (non-hydrogen) atoms. The van der Waals surface area contributed by atoms with Crippen molar-refractivity contribution in [1.82, 2.24) is 19.0 Å². The number of carbonyl (C=O) groups is 1. The molecule has 0 saturated heterocycles. The van der Waals surface area contributed by atoms with E-state index in [0.29, 0.717) is 35.9 Å². The van der Waals surface area contributed by atoms with E-state index >= 15 is 0 Å². The van der Waals surface area contributed by atoms with Gasteiger partial charge in [-0.25, -0.2) is 4.98 Å². The average Bonchev–Trinajstić information content (AvgIpc) is 3.49. The number of aryl methyl sites for hydroxylation is 1. The van der Waals surface area contributed by atoms with Crippen LogP contribution in [-0.4, -0.2) is 31.5 Å². The monoisotopic (exact) mass is 482 g/mol. The minimum absolute atomic E-state index is 0.275. The van der Waals surface area contributed by atoms with E-state index in [1.807, 2.05) is 13.8 Å². The highest BCUT2D eigenvalue weighted by Crippen LogP contribution is 2.33. The van der Waals surface area contributed by atoms with E-state index in [-0.39, 0.29) is 17.2 Å². The summed E-state index contributed by atoms with van der Waals surface area (Å²) < 4.78 is 47.5. The van der Waals surface area contributed by atoms with Crippen LogP contribution in [0.15, 0.2) is 70.3 Å². The number of carbonyl (C=O) groups excluding carboxylic acids is 1. The molecule has 3 aromatic heterocycles. The van der Waals surface area contributed by atoms with Crippen molar-refractivity contribution in [3.8, 4) is 17.0 Å². The fourth-order valence-electron chi connectivity index (χ4n) is 4.26. The first kappa shape index (κ1) is 22.7. The number of pyridine rings is 1. The third-order valence-electron chi connectivity index (χ3n) is 6.19. The number of nitrogens with zero attached hydrogens (tertiary/aromatic N) is 4. The molecular formula is C25H21F3N4O3. The third kappa shape index (κ3) is 4.05. The normalized spacial score (nSPS) is 14.8. The summed E-state index contributed by atoms with van der Waals surface area (Å²) in [4.78, 5) is 32.0. The first-order chi connectivity index (χ1) is 16.6. The molecule has 180 valence electrons. The Morgan fingerprint density at radius 3 is 2.40 bits per heavy atom. The minimum Gasteiger partial charge on any atom is -0.459 e. The van der Waals surface area contributed by atoms with Gasteiger partial charge in [-0.1, -0.05) is 12.1 Å². The zero-order chi connectivity index (χ0) is 24.9. The van der Waals surface area contributed by atoms with E-state index in [0.717, 1.165) is 17.8 Å². The lowest BCUT2D eigenvalue weighted by Crippen LogP contribution is -2.45. The van der Waals surface area contributed by atoms with Gasteiger partial charge in [0.1, 0.15) is 22.9 Å². The number of imidazole rings is 1. The number of amides is 1. The highest BCUT2D eigenvalue weighted by molar-refractivity contribution is 5.93. The molecule has 1 aliphatic rings. The molecule has 0 N–H and O–H groups in total. The van der Waals surface area contributed by atoms with Gasteiger partial charge in [0, 0.05) is 24.8 Å². The summed E-state index contributed by atoms with van der Waals surface area (Å²) in [7, 11) is 0. The molecule has 1 amide bonds. The second-order valence-electron chi connectivity index (χ2n) is 8.43. The third-order valence-corrected chi connectivity index (χ3v) is 6.19. The largest absolute Gasteiger partial charge is 0.459 e. The van der Waals surface area contributed by atoms with E-state index in [1.54, 1.807) is 46.3 Å². The zero-order valence-electron chi connectivity index (χ0n) is 18.9. The maximum Gasteiger partial charge on any atom is 0.416 e. The number of rotatable bonds is 4. The van der Waals surface area contributed by atoms with Crippen LogP contribution in [0, 0.1) is 6.92 Å². The van der Waals surface area contributed by atoms with Gasteiger partial charge in [0.25, 0.3) is 11.5 Å². The van der Waals surface area contributed by atoms with Gasteiger partial charge in [-0.05, 0) is 50.2 Å². The van der Waals surface area contributed by atoms with Gasteiger partial charge in [0.05, 0.1) is 23.6 Å². The van der Waals surface area contributed by atoms with Crippen molar-refractivity contribution in [2.45, 2.75) is 32.6 Å². The smallest absolute Gasteiger partial charge is 0.416 e. The number of fused-ring (bicyclic) bond motifs is 1. The number of hydrogen-bond acceptors (Lipinski definition) is 4. The SMILES string of the molecule is Cc1cn(-c2ccc3n(c2=O)CCN(C(C)c2ccc(-c4ccc(C(F)(F)F)cc4)o2)C3=O)cn1. The van der Waals surface area contributed by atoms with Gasteiger partial charge in [0.2, 0.25) is 0 Å². The summed E-state index contributed by atoms with van der Waals surface area (Å²) in [6, 6.07) is 10.9. The lowest BCUT2D eigenvalue weighted by Gasteiger charge is -2.33. The van der Waals surface area contributed by atoms with Gasteiger partial charge < -0.3 is 18.5 Å². The van der Waals surface area contributed by atoms with Crippen molar-refractivity contribution in [3.63, 3.8) is 0 Å². The van der Waals surface area contributed by atoms with E-state index in [2.05, 4.69) is 4.98 Å². The van der Waals surface area contributed by atoms with Crippen molar-refractivity contribution in [3.05, 3.63) is 94.1 Å². The van der Waals surface area contributed by atoms with Gasteiger partial charge in [0.15, 0.2) is 0 Å². The highest BCUT2D eigenvalue weighted by atomic mass is 19.4. The summed E-state index contributed by atoms with van der Waals surface area (Å²) in [5.74, 6) is 0.596. The first-order valence-corrected chi connectivity index (χ1v) is 11.0. The molecule has 0 saturated carbocycles. The fourth-order valence-corrected chi connectivity index (χ4v) is 4.26. The molecule has 0 radical (unpaired) electrons.